The number of likely N-dealkylation sites (tertiary alicyclic amines) is 1. The molecule has 4 rings (SSSR count). The van der Waals surface area contributed by atoms with Crippen molar-refractivity contribution >= 4 is 28.7 Å². The van der Waals surface area contributed by atoms with E-state index < -0.39 is 29.3 Å². The number of para-hydroxylation sites is 1. The Morgan fingerprint density at radius 3 is 2.52 bits per heavy atom. The molecule has 2 aromatic rings. The number of ether oxygens (including phenoxy) is 3. The number of esters is 1. The van der Waals surface area contributed by atoms with Crippen LogP contribution >= 0.6 is 0 Å². The van der Waals surface area contributed by atoms with Crippen LogP contribution in [0.3, 0.4) is 0 Å². The van der Waals surface area contributed by atoms with Crippen molar-refractivity contribution in [1.29, 1.82) is 0 Å². The standard InChI is InChI=1S/C23H26N2O6.C2H6/c1-13-19-18(14-8-6-7-9-15(14)24-13)17(26)11-23(30-19)10-16(20(27)29-5)25(12-23)21(28)31-22(2,3)4;1-2/h6-9,16H,10-12H2,1-5H3;1-2H3/t16-,23?;/m0./s1. The summed E-state index contributed by atoms with van der Waals surface area (Å²) in [5, 5.41) is 0.731. The van der Waals surface area contributed by atoms with E-state index in [1.165, 1.54) is 12.0 Å². The zero-order valence-electron chi connectivity index (χ0n) is 20.4. The van der Waals surface area contributed by atoms with Gasteiger partial charge in [-0.2, -0.15) is 0 Å². The number of ketones is 1. The van der Waals surface area contributed by atoms with Crippen LogP contribution in [0.2, 0.25) is 0 Å². The van der Waals surface area contributed by atoms with Gasteiger partial charge in [-0.15, -0.1) is 0 Å². The number of aromatic nitrogens is 1. The van der Waals surface area contributed by atoms with Crippen LogP contribution in [-0.4, -0.2) is 58.6 Å². The van der Waals surface area contributed by atoms with Gasteiger partial charge in [-0.3, -0.25) is 9.69 Å². The van der Waals surface area contributed by atoms with Crippen molar-refractivity contribution in [1.82, 2.24) is 9.88 Å². The van der Waals surface area contributed by atoms with E-state index in [0.29, 0.717) is 17.0 Å². The molecule has 2 aliphatic heterocycles. The first-order valence-corrected chi connectivity index (χ1v) is 11.2. The molecule has 0 bridgehead atoms. The minimum absolute atomic E-state index is 0.0408. The first-order chi connectivity index (χ1) is 15.5. The number of Topliss-reactive ketones (excluding diaryl/α,β-unsaturated/α-hetero) is 1. The number of nitrogens with zero attached hydrogens (tertiary/aromatic N) is 2. The van der Waals surface area contributed by atoms with E-state index in [9.17, 15) is 14.4 Å². The molecule has 1 amide bonds. The largest absolute Gasteiger partial charge is 0.482 e. The predicted octanol–water partition coefficient (Wildman–Crippen LogP) is 4.46. The van der Waals surface area contributed by atoms with Crippen LogP contribution in [0.1, 0.15) is 63.5 Å². The highest BCUT2D eigenvalue weighted by Gasteiger charge is 2.55. The Morgan fingerprint density at radius 2 is 1.88 bits per heavy atom. The van der Waals surface area contributed by atoms with E-state index in [4.69, 9.17) is 14.2 Å². The fourth-order valence-corrected chi connectivity index (χ4v) is 4.36. The molecule has 0 saturated carbocycles. The van der Waals surface area contributed by atoms with Crippen molar-refractivity contribution in [3.05, 3.63) is 35.5 Å². The molecule has 0 aliphatic carbocycles. The number of aryl methyl sites for hydroxylation is 1. The topological polar surface area (TPSA) is 95.0 Å². The molecule has 2 aliphatic rings. The van der Waals surface area contributed by atoms with Crippen LogP contribution in [0.15, 0.2) is 24.3 Å². The number of carbonyl (C=O) groups excluding carboxylic acids is 3. The van der Waals surface area contributed by atoms with Crippen molar-refractivity contribution in [2.24, 2.45) is 0 Å². The van der Waals surface area contributed by atoms with Gasteiger partial charge in [0.05, 0.1) is 36.8 Å². The molecule has 178 valence electrons. The first-order valence-electron chi connectivity index (χ1n) is 11.2. The number of amides is 1. The molecule has 0 N–H and O–H groups in total. The van der Waals surface area contributed by atoms with Gasteiger partial charge in [-0.1, -0.05) is 32.0 Å². The molecule has 2 atom stereocenters. The number of benzene rings is 1. The number of hydrogen-bond donors (Lipinski definition) is 0. The Kier molecular flexibility index (Phi) is 6.68. The summed E-state index contributed by atoms with van der Waals surface area (Å²) in [7, 11) is 1.27. The van der Waals surface area contributed by atoms with Crippen molar-refractivity contribution in [2.75, 3.05) is 13.7 Å². The molecule has 1 aromatic carbocycles. The van der Waals surface area contributed by atoms with Crippen LogP contribution in [0.25, 0.3) is 10.9 Å². The molecule has 8 heteroatoms. The minimum atomic E-state index is -1.05. The molecule has 1 unspecified atom stereocenters. The van der Waals surface area contributed by atoms with E-state index in [1.54, 1.807) is 27.7 Å². The number of hydrogen-bond acceptors (Lipinski definition) is 7. The summed E-state index contributed by atoms with van der Waals surface area (Å²) in [5.74, 6) is -0.264. The molecule has 1 saturated heterocycles. The summed E-state index contributed by atoms with van der Waals surface area (Å²) in [4.78, 5) is 44.5. The Labute approximate surface area is 194 Å². The van der Waals surface area contributed by atoms with E-state index in [1.807, 2.05) is 38.1 Å². The van der Waals surface area contributed by atoms with Crippen molar-refractivity contribution in [3.8, 4) is 5.75 Å². The van der Waals surface area contributed by atoms with E-state index >= 15 is 0 Å². The van der Waals surface area contributed by atoms with Crippen LogP contribution in [0, 0.1) is 6.92 Å². The quantitative estimate of drug-likeness (QED) is 0.585. The minimum Gasteiger partial charge on any atom is -0.482 e. The van der Waals surface area contributed by atoms with E-state index in [-0.39, 0.29) is 25.2 Å². The van der Waals surface area contributed by atoms with Gasteiger partial charge in [0.25, 0.3) is 0 Å². The maximum Gasteiger partial charge on any atom is 0.411 e. The normalized spacial score (nSPS) is 21.7. The zero-order valence-corrected chi connectivity index (χ0v) is 20.4. The highest BCUT2D eigenvalue weighted by molar-refractivity contribution is 6.11. The Hall–Kier alpha value is -3.16. The van der Waals surface area contributed by atoms with Crippen molar-refractivity contribution in [2.45, 2.75) is 71.6 Å². The molecule has 0 radical (unpaired) electrons. The van der Waals surface area contributed by atoms with E-state index in [2.05, 4.69) is 4.98 Å². The third kappa shape index (κ3) is 4.65. The predicted molar refractivity (Wildman–Crippen MR) is 123 cm³/mol. The monoisotopic (exact) mass is 456 g/mol. The SMILES string of the molecule is CC.COC(=O)[C@@H]1CC2(CC(=O)c3c(c(C)nc4ccccc34)O2)CN1C(=O)OC(C)(C)C. The van der Waals surface area contributed by atoms with Crippen molar-refractivity contribution < 1.29 is 28.6 Å². The Balaban J connectivity index is 0.00000149. The maximum atomic E-state index is 13.3. The molecule has 33 heavy (non-hydrogen) atoms. The van der Waals surface area contributed by atoms with E-state index in [0.717, 1.165) is 10.9 Å². The Bertz CT molecular complexity index is 1090. The summed E-state index contributed by atoms with van der Waals surface area (Å²) < 4.78 is 16.8. The van der Waals surface area contributed by atoms with Crippen LogP contribution in [-0.2, 0) is 14.3 Å². The number of carbonyl (C=O) groups is 3. The van der Waals surface area contributed by atoms with Crippen LogP contribution < -0.4 is 4.74 Å². The average molecular weight is 457 g/mol. The second-order valence-electron chi connectivity index (χ2n) is 9.15. The molecule has 1 aromatic heterocycles. The van der Waals surface area contributed by atoms with Gasteiger partial charge in [0.2, 0.25) is 0 Å². The second-order valence-corrected chi connectivity index (χ2v) is 9.15. The van der Waals surface area contributed by atoms with Crippen LogP contribution in [0.5, 0.6) is 5.75 Å². The number of pyridine rings is 1. The van der Waals surface area contributed by atoms with Gasteiger partial charge in [0.1, 0.15) is 17.2 Å². The molecular weight excluding hydrogens is 424 g/mol. The van der Waals surface area contributed by atoms with Gasteiger partial charge in [-0.05, 0) is 33.8 Å². The average Bonchev–Trinajstić information content (AvgIpc) is 3.12. The fourth-order valence-electron chi connectivity index (χ4n) is 4.36. The number of rotatable bonds is 1. The van der Waals surface area contributed by atoms with Crippen LogP contribution in [0.4, 0.5) is 4.79 Å². The summed E-state index contributed by atoms with van der Waals surface area (Å²) in [6, 6.07) is 6.52. The van der Waals surface area contributed by atoms with Gasteiger partial charge >= 0.3 is 12.1 Å². The molecular formula is C25H32N2O6. The molecule has 1 spiro atoms. The summed E-state index contributed by atoms with van der Waals surface area (Å²) in [6.07, 6.45) is -0.466. The highest BCUT2D eigenvalue weighted by atomic mass is 16.6. The smallest absolute Gasteiger partial charge is 0.411 e. The maximum absolute atomic E-state index is 13.3. The molecule has 3 heterocycles. The second kappa shape index (κ2) is 9.00. The lowest BCUT2D eigenvalue weighted by atomic mass is 9.86. The third-order valence-electron chi connectivity index (χ3n) is 5.60. The fraction of sp³-hybridized carbons (Fsp3) is 0.520. The van der Waals surface area contributed by atoms with Gasteiger partial charge in [-0.25, -0.2) is 14.6 Å². The lowest BCUT2D eigenvalue weighted by molar-refractivity contribution is -0.145. The third-order valence-corrected chi connectivity index (χ3v) is 5.60. The van der Waals surface area contributed by atoms with Gasteiger partial charge in [0, 0.05) is 11.8 Å². The zero-order chi connectivity index (χ0) is 24.6. The summed E-state index contributed by atoms with van der Waals surface area (Å²) >= 11 is 0. The van der Waals surface area contributed by atoms with Gasteiger partial charge in [0.15, 0.2) is 11.5 Å². The van der Waals surface area contributed by atoms with Crippen molar-refractivity contribution in [3.63, 3.8) is 0 Å². The molecule has 1 fully saturated rings. The number of methoxy groups -OCH3 is 1. The summed E-state index contributed by atoms with van der Waals surface area (Å²) in [5.41, 5.74) is 0.0312. The number of fused-ring (bicyclic) bond motifs is 3. The summed E-state index contributed by atoms with van der Waals surface area (Å²) in [6.45, 7) is 11.1. The van der Waals surface area contributed by atoms with Gasteiger partial charge < -0.3 is 14.2 Å². The lowest BCUT2D eigenvalue weighted by Crippen LogP contribution is -2.47. The first kappa shape index (κ1) is 24.5. The Morgan fingerprint density at radius 1 is 1.21 bits per heavy atom. The molecule has 8 nitrogen and oxygen atoms in total. The lowest BCUT2D eigenvalue weighted by Gasteiger charge is -2.35. The highest BCUT2D eigenvalue weighted by Crippen LogP contribution is 2.44.